The molecule has 0 aliphatic carbocycles. The smallest absolute Gasteiger partial charge is 0.231 e. The average molecular weight is 365 g/mol. The van der Waals surface area contributed by atoms with Crippen molar-refractivity contribution in [3.05, 3.63) is 89.9 Å². The molecule has 0 aliphatic heterocycles. The van der Waals surface area contributed by atoms with Gasteiger partial charge in [-0.3, -0.25) is 0 Å². The molecule has 0 bridgehead atoms. The Morgan fingerprint density at radius 3 is 2.21 bits per heavy atom. The lowest BCUT2D eigenvalue weighted by atomic mass is 10.0. The summed E-state index contributed by atoms with van der Waals surface area (Å²) in [5.74, 6) is 0. The SMILES string of the molecule is Cc1cc(C)n2nc3c(c(-c4ccccc4)cc(C)[n+]3-c3ccccc3)c2n1. The zero-order valence-electron chi connectivity index (χ0n) is 16.2. The van der Waals surface area contributed by atoms with Crippen LogP contribution in [0, 0.1) is 20.8 Å². The second kappa shape index (κ2) is 6.27. The van der Waals surface area contributed by atoms with Gasteiger partial charge in [0, 0.05) is 11.3 Å². The molecule has 3 aromatic heterocycles. The van der Waals surface area contributed by atoms with Gasteiger partial charge in [-0.25, -0.2) is 4.98 Å². The van der Waals surface area contributed by atoms with Crippen LogP contribution in [0.4, 0.5) is 0 Å². The zero-order valence-corrected chi connectivity index (χ0v) is 16.2. The van der Waals surface area contributed by atoms with Crippen LogP contribution in [0.15, 0.2) is 72.8 Å². The molecule has 3 heterocycles. The van der Waals surface area contributed by atoms with Crippen molar-refractivity contribution in [3.8, 4) is 16.8 Å². The van der Waals surface area contributed by atoms with Crippen LogP contribution in [-0.4, -0.2) is 14.6 Å². The van der Waals surface area contributed by atoms with Crippen LogP contribution in [-0.2, 0) is 0 Å². The standard InChI is InChI=1S/C24H21N4/c1-16-14-18(3)28-23(25-16)22-21(19-10-6-4-7-11-19)15-17(2)27(24(22)26-28)20-12-8-5-9-13-20/h4-15H,1-3H3/q+1. The second-order valence-electron chi connectivity index (χ2n) is 7.21. The highest BCUT2D eigenvalue weighted by Crippen LogP contribution is 2.31. The largest absolute Gasteiger partial charge is 0.365 e. The van der Waals surface area contributed by atoms with Gasteiger partial charge in [0.05, 0.1) is 10.8 Å². The van der Waals surface area contributed by atoms with E-state index in [1.165, 1.54) is 5.56 Å². The summed E-state index contributed by atoms with van der Waals surface area (Å²) in [7, 11) is 0. The molecule has 136 valence electrons. The number of fused-ring (bicyclic) bond motifs is 3. The van der Waals surface area contributed by atoms with Gasteiger partial charge in [-0.05, 0) is 50.6 Å². The molecule has 4 heteroatoms. The second-order valence-corrected chi connectivity index (χ2v) is 7.21. The first-order valence-electron chi connectivity index (χ1n) is 9.46. The predicted molar refractivity (Wildman–Crippen MR) is 112 cm³/mol. The number of pyridine rings is 1. The number of hydrogen-bond donors (Lipinski definition) is 0. The molecule has 0 aliphatic rings. The van der Waals surface area contributed by atoms with E-state index in [2.05, 4.69) is 79.1 Å². The third-order valence-corrected chi connectivity index (χ3v) is 5.16. The maximum atomic E-state index is 5.00. The van der Waals surface area contributed by atoms with E-state index in [4.69, 9.17) is 10.1 Å². The number of aromatic nitrogens is 4. The Hall–Kier alpha value is -3.53. The minimum Gasteiger partial charge on any atom is -0.231 e. The molecule has 2 aromatic carbocycles. The van der Waals surface area contributed by atoms with Crippen molar-refractivity contribution in [2.24, 2.45) is 0 Å². The lowest BCUT2D eigenvalue weighted by Gasteiger charge is -2.08. The van der Waals surface area contributed by atoms with Crippen molar-refractivity contribution in [1.82, 2.24) is 14.6 Å². The molecule has 5 rings (SSSR count). The highest BCUT2D eigenvalue weighted by atomic mass is 15.3. The quantitative estimate of drug-likeness (QED) is 0.423. The number of nitrogens with zero attached hydrogens (tertiary/aromatic N) is 4. The van der Waals surface area contributed by atoms with E-state index in [1.54, 1.807) is 0 Å². The predicted octanol–water partition coefficient (Wildman–Crippen LogP) is 4.75. The Bertz CT molecular complexity index is 1320. The van der Waals surface area contributed by atoms with Gasteiger partial charge in [0.2, 0.25) is 0 Å². The average Bonchev–Trinajstić information content (AvgIpc) is 3.08. The Kier molecular flexibility index (Phi) is 3.72. The highest BCUT2D eigenvalue weighted by Gasteiger charge is 2.26. The number of para-hydroxylation sites is 1. The van der Waals surface area contributed by atoms with Crippen molar-refractivity contribution in [2.45, 2.75) is 20.8 Å². The molecule has 0 spiro atoms. The summed E-state index contributed by atoms with van der Waals surface area (Å²) in [5, 5.41) is 6.07. The van der Waals surface area contributed by atoms with E-state index in [-0.39, 0.29) is 0 Å². The van der Waals surface area contributed by atoms with Crippen LogP contribution in [0.25, 0.3) is 33.5 Å². The molecule has 0 radical (unpaired) electrons. The van der Waals surface area contributed by atoms with Gasteiger partial charge >= 0.3 is 5.65 Å². The van der Waals surface area contributed by atoms with Crippen molar-refractivity contribution in [2.75, 3.05) is 0 Å². The van der Waals surface area contributed by atoms with Crippen molar-refractivity contribution in [3.63, 3.8) is 0 Å². The van der Waals surface area contributed by atoms with Crippen molar-refractivity contribution in [1.29, 1.82) is 0 Å². The molecule has 0 N–H and O–H groups in total. The number of hydrogen-bond acceptors (Lipinski definition) is 2. The Morgan fingerprint density at radius 2 is 1.50 bits per heavy atom. The minimum atomic E-state index is 0.899. The lowest BCUT2D eigenvalue weighted by molar-refractivity contribution is -0.576. The molecule has 28 heavy (non-hydrogen) atoms. The molecule has 5 aromatic rings. The van der Waals surface area contributed by atoms with Crippen LogP contribution in [0.5, 0.6) is 0 Å². The van der Waals surface area contributed by atoms with E-state index in [0.717, 1.165) is 45.0 Å². The van der Waals surface area contributed by atoms with Gasteiger partial charge in [-0.15, -0.1) is 4.52 Å². The molecule has 0 unspecified atom stereocenters. The normalized spacial score (nSPS) is 11.4. The Labute approximate surface area is 163 Å². The number of aryl methyl sites for hydroxylation is 3. The highest BCUT2D eigenvalue weighted by molar-refractivity contribution is 6.01. The molecule has 0 fully saturated rings. The zero-order chi connectivity index (χ0) is 19.3. The minimum absolute atomic E-state index is 0.899. The fourth-order valence-corrected chi connectivity index (χ4v) is 3.97. The summed E-state index contributed by atoms with van der Waals surface area (Å²) in [5.41, 5.74) is 8.46. The third-order valence-electron chi connectivity index (χ3n) is 5.16. The van der Waals surface area contributed by atoms with Gasteiger partial charge in [0.25, 0.3) is 0 Å². The van der Waals surface area contributed by atoms with Crippen LogP contribution in [0.2, 0.25) is 0 Å². The lowest BCUT2D eigenvalue weighted by Crippen LogP contribution is -2.35. The summed E-state index contributed by atoms with van der Waals surface area (Å²) in [6.07, 6.45) is 0. The summed E-state index contributed by atoms with van der Waals surface area (Å²) >= 11 is 0. The summed E-state index contributed by atoms with van der Waals surface area (Å²) in [4.78, 5) is 4.86. The maximum Gasteiger partial charge on any atom is 0.365 e. The Balaban J connectivity index is 2.00. The van der Waals surface area contributed by atoms with E-state index < -0.39 is 0 Å². The first-order valence-corrected chi connectivity index (χ1v) is 9.46. The fourth-order valence-electron chi connectivity index (χ4n) is 3.97. The van der Waals surface area contributed by atoms with E-state index in [1.807, 2.05) is 23.6 Å². The third kappa shape index (κ3) is 2.49. The number of benzene rings is 2. The molecule has 0 saturated heterocycles. The van der Waals surface area contributed by atoms with Crippen molar-refractivity contribution >= 4 is 16.7 Å². The van der Waals surface area contributed by atoms with Gasteiger partial charge in [-0.1, -0.05) is 48.5 Å². The molecule has 0 atom stereocenters. The van der Waals surface area contributed by atoms with Crippen LogP contribution in [0.3, 0.4) is 0 Å². The number of rotatable bonds is 2. The first-order chi connectivity index (χ1) is 13.6. The molecular weight excluding hydrogens is 344 g/mol. The van der Waals surface area contributed by atoms with Gasteiger partial charge in [0.15, 0.2) is 5.65 Å². The monoisotopic (exact) mass is 365 g/mol. The van der Waals surface area contributed by atoms with Crippen LogP contribution in [0.1, 0.15) is 17.1 Å². The van der Waals surface area contributed by atoms with E-state index >= 15 is 0 Å². The van der Waals surface area contributed by atoms with E-state index in [0.29, 0.717) is 0 Å². The van der Waals surface area contributed by atoms with Crippen molar-refractivity contribution < 1.29 is 4.57 Å². The van der Waals surface area contributed by atoms with Crippen LogP contribution >= 0.6 is 0 Å². The van der Waals surface area contributed by atoms with Gasteiger partial charge < -0.3 is 0 Å². The molecular formula is C24H21N4+. The first kappa shape index (κ1) is 16.6. The van der Waals surface area contributed by atoms with Crippen LogP contribution < -0.4 is 4.57 Å². The van der Waals surface area contributed by atoms with Gasteiger partial charge in [0.1, 0.15) is 16.8 Å². The maximum absolute atomic E-state index is 5.00. The summed E-state index contributed by atoms with van der Waals surface area (Å²) < 4.78 is 4.17. The molecule has 4 nitrogen and oxygen atoms in total. The van der Waals surface area contributed by atoms with E-state index in [9.17, 15) is 0 Å². The fraction of sp³-hybridized carbons (Fsp3) is 0.125. The van der Waals surface area contributed by atoms with Gasteiger partial charge in [-0.2, -0.15) is 4.57 Å². The molecule has 0 saturated carbocycles. The Morgan fingerprint density at radius 1 is 0.821 bits per heavy atom. The molecule has 0 amide bonds. The summed E-state index contributed by atoms with van der Waals surface area (Å²) in [6, 6.07) is 25.2. The topological polar surface area (TPSA) is 34.1 Å². The summed E-state index contributed by atoms with van der Waals surface area (Å²) in [6.45, 7) is 6.25.